The summed E-state index contributed by atoms with van der Waals surface area (Å²) in [5.74, 6) is 0. The second kappa shape index (κ2) is 13.5. The molecule has 1 aliphatic carbocycles. The van der Waals surface area contributed by atoms with E-state index in [-0.39, 0.29) is 5.41 Å². The molecule has 0 aliphatic heterocycles. The van der Waals surface area contributed by atoms with E-state index in [0.29, 0.717) is 0 Å². The van der Waals surface area contributed by atoms with Crippen LogP contribution in [0.2, 0.25) is 0 Å². The molecule has 0 fully saturated rings. The van der Waals surface area contributed by atoms with Gasteiger partial charge in [-0.3, -0.25) is 0 Å². The van der Waals surface area contributed by atoms with E-state index in [4.69, 9.17) is 0 Å². The zero-order valence-corrected chi connectivity index (χ0v) is 32.7. The van der Waals surface area contributed by atoms with E-state index >= 15 is 0 Å². The Morgan fingerprint density at radius 2 is 0.948 bits per heavy atom. The van der Waals surface area contributed by atoms with E-state index < -0.39 is 0 Å². The number of fused-ring (bicyclic) bond motifs is 7. The third-order valence-corrected chi connectivity index (χ3v) is 12.4. The molecule has 0 atom stereocenters. The fourth-order valence-corrected chi connectivity index (χ4v) is 9.64. The number of rotatable bonds is 6. The summed E-state index contributed by atoms with van der Waals surface area (Å²) in [6.07, 6.45) is 0. The topological polar surface area (TPSA) is 3.24 Å². The SMILES string of the molecule is CC1(C)c2ccccc2-c2ccc(N(c3ccccc3-c3ccc4ccccc4c3)c3cccc(-c4ccccc4)c3-c3cc4ccccc4c4ccccc34)cc21. The molecule has 58 heavy (non-hydrogen) atoms. The highest BCUT2D eigenvalue weighted by atomic mass is 15.1. The van der Waals surface area contributed by atoms with Gasteiger partial charge in [0.1, 0.15) is 0 Å². The third kappa shape index (κ3) is 5.39. The first kappa shape index (κ1) is 34.1. The van der Waals surface area contributed by atoms with Crippen LogP contribution < -0.4 is 4.90 Å². The minimum absolute atomic E-state index is 0.158. The Morgan fingerprint density at radius 3 is 1.79 bits per heavy atom. The minimum atomic E-state index is -0.158. The van der Waals surface area contributed by atoms with Crippen molar-refractivity contribution >= 4 is 49.4 Å². The van der Waals surface area contributed by atoms with Crippen LogP contribution in [0, 0.1) is 0 Å². The first-order chi connectivity index (χ1) is 28.5. The molecule has 0 saturated heterocycles. The van der Waals surface area contributed by atoms with Crippen LogP contribution in [0.4, 0.5) is 17.1 Å². The Morgan fingerprint density at radius 1 is 0.328 bits per heavy atom. The maximum absolute atomic E-state index is 2.54. The first-order valence-corrected chi connectivity index (χ1v) is 20.3. The Kier molecular flexibility index (Phi) is 7.91. The number of anilines is 3. The lowest BCUT2D eigenvalue weighted by molar-refractivity contribution is 0.660. The summed E-state index contributed by atoms with van der Waals surface area (Å²) in [5.41, 5.74) is 15.7. The molecule has 0 saturated carbocycles. The predicted molar refractivity (Wildman–Crippen MR) is 248 cm³/mol. The van der Waals surface area contributed by atoms with Crippen molar-refractivity contribution in [2.75, 3.05) is 4.90 Å². The Labute approximate surface area is 340 Å². The molecule has 0 spiro atoms. The van der Waals surface area contributed by atoms with Gasteiger partial charge in [0, 0.05) is 22.2 Å². The summed E-state index contributed by atoms with van der Waals surface area (Å²) in [6, 6.07) is 78.4. The van der Waals surface area contributed by atoms with Crippen LogP contribution >= 0.6 is 0 Å². The first-order valence-electron chi connectivity index (χ1n) is 20.3. The molecule has 0 amide bonds. The smallest absolute Gasteiger partial charge is 0.0546 e. The Bertz CT molecular complexity index is 3210. The monoisotopic (exact) mass is 739 g/mol. The highest BCUT2D eigenvalue weighted by molar-refractivity contribution is 6.17. The van der Waals surface area contributed by atoms with Gasteiger partial charge in [0.2, 0.25) is 0 Å². The van der Waals surface area contributed by atoms with Crippen molar-refractivity contribution in [1.82, 2.24) is 0 Å². The Balaban J connectivity index is 1.25. The molecule has 0 N–H and O–H groups in total. The van der Waals surface area contributed by atoms with Crippen LogP contribution in [0.1, 0.15) is 25.0 Å². The summed E-state index contributed by atoms with van der Waals surface area (Å²) in [6.45, 7) is 4.75. The van der Waals surface area contributed by atoms with Crippen molar-refractivity contribution in [3.63, 3.8) is 0 Å². The summed E-state index contributed by atoms with van der Waals surface area (Å²) >= 11 is 0. The predicted octanol–water partition coefficient (Wildman–Crippen LogP) is 15.9. The molecular formula is C57H41N. The summed E-state index contributed by atoms with van der Waals surface area (Å²) in [5, 5.41) is 7.45. The highest BCUT2D eigenvalue weighted by Gasteiger charge is 2.36. The quantitative estimate of drug-likeness (QED) is 0.154. The van der Waals surface area contributed by atoms with Gasteiger partial charge in [-0.05, 0) is 113 Å². The molecule has 11 rings (SSSR count). The van der Waals surface area contributed by atoms with E-state index in [1.165, 1.54) is 88.0 Å². The summed E-state index contributed by atoms with van der Waals surface area (Å²) < 4.78 is 0. The van der Waals surface area contributed by atoms with Crippen LogP contribution in [0.5, 0.6) is 0 Å². The van der Waals surface area contributed by atoms with Gasteiger partial charge in [0.15, 0.2) is 0 Å². The molecule has 0 bridgehead atoms. The van der Waals surface area contributed by atoms with E-state index in [2.05, 4.69) is 231 Å². The second-order valence-electron chi connectivity index (χ2n) is 16.1. The van der Waals surface area contributed by atoms with E-state index in [1.54, 1.807) is 0 Å². The van der Waals surface area contributed by atoms with Gasteiger partial charge in [-0.15, -0.1) is 0 Å². The van der Waals surface area contributed by atoms with Gasteiger partial charge in [-0.2, -0.15) is 0 Å². The fourth-order valence-electron chi connectivity index (χ4n) is 9.64. The molecule has 1 aliphatic rings. The van der Waals surface area contributed by atoms with Gasteiger partial charge < -0.3 is 4.90 Å². The molecule has 0 aromatic heterocycles. The van der Waals surface area contributed by atoms with Crippen molar-refractivity contribution in [2.24, 2.45) is 0 Å². The van der Waals surface area contributed by atoms with Crippen LogP contribution in [0.15, 0.2) is 212 Å². The van der Waals surface area contributed by atoms with Crippen molar-refractivity contribution in [3.05, 3.63) is 223 Å². The molecule has 274 valence electrons. The van der Waals surface area contributed by atoms with Crippen molar-refractivity contribution in [1.29, 1.82) is 0 Å². The van der Waals surface area contributed by atoms with Crippen molar-refractivity contribution in [3.8, 4) is 44.5 Å². The van der Waals surface area contributed by atoms with Gasteiger partial charge >= 0.3 is 0 Å². The fraction of sp³-hybridized carbons (Fsp3) is 0.0526. The highest BCUT2D eigenvalue weighted by Crippen LogP contribution is 2.54. The van der Waals surface area contributed by atoms with Crippen molar-refractivity contribution in [2.45, 2.75) is 19.3 Å². The van der Waals surface area contributed by atoms with E-state index in [0.717, 1.165) is 17.1 Å². The molecule has 1 heteroatoms. The number of benzene rings is 10. The molecular weight excluding hydrogens is 699 g/mol. The van der Waals surface area contributed by atoms with Gasteiger partial charge in [0.25, 0.3) is 0 Å². The standard InChI is InChI=1S/C57H41N/c1-57(2)52-28-14-12-26-49(52)50-34-33-43(37-53(50)57)58(54-29-15-13-23-45(54)42-32-31-38-17-6-7-20-40(38)35-42)55-30-16-27-46(39-18-4-3-5-19-39)56(55)51-36-41-21-8-9-22-44(41)47-24-10-11-25-48(47)51/h3-37H,1-2H3. The zero-order chi connectivity index (χ0) is 38.8. The van der Waals surface area contributed by atoms with Crippen LogP contribution in [-0.2, 0) is 5.41 Å². The number of para-hydroxylation sites is 1. The Hall–Kier alpha value is -7.22. The second-order valence-corrected chi connectivity index (χ2v) is 16.1. The molecule has 0 heterocycles. The maximum Gasteiger partial charge on any atom is 0.0546 e. The molecule has 10 aromatic carbocycles. The third-order valence-electron chi connectivity index (χ3n) is 12.4. The molecule has 0 unspecified atom stereocenters. The van der Waals surface area contributed by atoms with Crippen molar-refractivity contribution < 1.29 is 0 Å². The molecule has 0 radical (unpaired) electrons. The van der Waals surface area contributed by atoms with Crippen LogP contribution in [0.3, 0.4) is 0 Å². The number of hydrogen-bond acceptors (Lipinski definition) is 1. The minimum Gasteiger partial charge on any atom is -0.309 e. The average molecular weight is 740 g/mol. The lowest BCUT2D eigenvalue weighted by Crippen LogP contribution is -2.17. The van der Waals surface area contributed by atoms with Gasteiger partial charge in [-0.25, -0.2) is 0 Å². The lowest BCUT2D eigenvalue weighted by Gasteiger charge is -2.32. The average Bonchev–Trinajstić information content (AvgIpc) is 3.51. The van der Waals surface area contributed by atoms with Crippen LogP contribution in [0.25, 0.3) is 76.8 Å². The number of nitrogens with zero attached hydrogens (tertiary/aromatic N) is 1. The van der Waals surface area contributed by atoms with Gasteiger partial charge in [-0.1, -0.05) is 190 Å². The van der Waals surface area contributed by atoms with Gasteiger partial charge in [0.05, 0.1) is 11.4 Å². The largest absolute Gasteiger partial charge is 0.309 e. The lowest BCUT2D eigenvalue weighted by atomic mass is 9.82. The number of hydrogen-bond donors (Lipinski definition) is 0. The molecule has 10 aromatic rings. The maximum atomic E-state index is 2.54. The summed E-state index contributed by atoms with van der Waals surface area (Å²) in [7, 11) is 0. The normalized spacial score (nSPS) is 12.8. The zero-order valence-electron chi connectivity index (χ0n) is 32.7. The molecule has 1 nitrogen and oxygen atoms in total. The summed E-state index contributed by atoms with van der Waals surface area (Å²) in [4.78, 5) is 2.54. The van der Waals surface area contributed by atoms with Crippen LogP contribution in [-0.4, -0.2) is 0 Å². The van der Waals surface area contributed by atoms with E-state index in [1.807, 2.05) is 0 Å². The van der Waals surface area contributed by atoms with E-state index in [9.17, 15) is 0 Å².